The van der Waals surface area contributed by atoms with E-state index in [4.69, 9.17) is 0 Å². The van der Waals surface area contributed by atoms with Crippen LogP contribution in [0.1, 0.15) is 16.9 Å². The zero-order valence-electron chi connectivity index (χ0n) is 12.6. The fourth-order valence-corrected chi connectivity index (χ4v) is 2.59. The first kappa shape index (κ1) is 16.3. The summed E-state index contributed by atoms with van der Waals surface area (Å²) in [6, 6.07) is 8.90. The second-order valence-electron chi connectivity index (χ2n) is 4.84. The summed E-state index contributed by atoms with van der Waals surface area (Å²) in [7, 11) is 1.56. The Morgan fingerprint density at radius 2 is 2.00 bits per heavy atom. The van der Waals surface area contributed by atoms with Gasteiger partial charge < -0.3 is 10.6 Å². The molecule has 2 N–H and O–H groups in total. The summed E-state index contributed by atoms with van der Waals surface area (Å²) in [5, 5.41) is 7.26. The smallest absolute Gasteiger partial charge is 0.270 e. The van der Waals surface area contributed by atoms with Crippen molar-refractivity contribution in [3.63, 3.8) is 0 Å². The number of nitrogens with zero attached hydrogens (tertiary/aromatic N) is 1. The van der Waals surface area contributed by atoms with Gasteiger partial charge in [0.05, 0.1) is 0 Å². The van der Waals surface area contributed by atoms with Gasteiger partial charge in [-0.2, -0.15) is 11.8 Å². The Morgan fingerprint density at radius 1 is 1.27 bits per heavy atom. The standard InChI is InChI=1S/C16H19N3O2S/c1-17-15(20)13(7-8-22-2)19-16(21)14-9-11-5-3-4-6-12(11)10-18-14/h3-6,9-10,13H,7-8H2,1-2H3,(H,17,20)(H,19,21)/t13-/m0/s1. The van der Waals surface area contributed by atoms with Crippen LogP contribution in [0.5, 0.6) is 0 Å². The van der Waals surface area contributed by atoms with Crippen molar-refractivity contribution >= 4 is 34.3 Å². The fourth-order valence-electron chi connectivity index (χ4n) is 2.12. The Morgan fingerprint density at radius 3 is 2.68 bits per heavy atom. The van der Waals surface area contributed by atoms with Crippen molar-refractivity contribution < 1.29 is 9.59 Å². The highest BCUT2D eigenvalue weighted by atomic mass is 32.2. The number of carbonyl (C=O) groups excluding carboxylic acids is 2. The van der Waals surface area contributed by atoms with Crippen LogP contribution in [0.15, 0.2) is 36.5 Å². The van der Waals surface area contributed by atoms with Crippen molar-refractivity contribution in [2.45, 2.75) is 12.5 Å². The van der Waals surface area contributed by atoms with Crippen molar-refractivity contribution in [1.82, 2.24) is 15.6 Å². The number of nitrogens with one attached hydrogen (secondary N) is 2. The highest BCUT2D eigenvalue weighted by molar-refractivity contribution is 7.98. The molecule has 0 saturated heterocycles. The Balaban J connectivity index is 2.15. The minimum absolute atomic E-state index is 0.191. The van der Waals surface area contributed by atoms with Gasteiger partial charge in [-0.1, -0.05) is 24.3 Å². The largest absolute Gasteiger partial charge is 0.357 e. The van der Waals surface area contributed by atoms with Crippen LogP contribution in [0.4, 0.5) is 0 Å². The van der Waals surface area contributed by atoms with Crippen molar-refractivity contribution in [2.75, 3.05) is 19.1 Å². The van der Waals surface area contributed by atoms with E-state index in [2.05, 4.69) is 15.6 Å². The van der Waals surface area contributed by atoms with Crippen LogP contribution < -0.4 is 10.6 Å². The number of hydrogen-bond acceptors (Lipinski definition) is 4. The molecule has 0 unspecified atom stereocenters. The molecule has 0 aliphatic heterocycles. The van der Waals surface area contributed by atoms with Crippen LogP contribution in [0, 0.1) is 0 Å². The highest BCUT2D eigenvalue weighted by Gasteiger charge is 2.20. The second kappa shape index (κ2) is 7.79. The maximum Gasteiger partial charge on any atom is 0.270 e. The normalized spacial score (nSPS) is 11.9. The number of likely N-dealkylation sites (N-methyl/N-ethyl adjacent to an activating group) is 1. The van der Waals surface area contributed by atoms with Crippen molar-refractivity contribution in [3.8, 4) is 0 Å². The number of fused-ring (bicyclic) bond motifs is 1. The third-order valence-electron chi connectivity index (χ3n) is 3.34. The molecule has 0 aliphatic rings. The highest BCUT2D eigenvalue weighted by Crippen LogP contribution is 2.13. The van der Waals surface area contributed by atoms with Gasteiger partial charge in [-0.25, -0.2) is 0 Å². The summed E-state index contributed by atoms with van der Waals surface area (Å²) in [6.45, 7) is 0. The number of amides is 2. The lowest BCUT2D eigenvalue weighted by molar-refractivity contribution is -0.122. The zero-order chi connectivity index (χ0) is 15.9. The quantitative estimate of drug-likeness (QED) is 0.853. The Hall–Kier alpha value is -2.08. The van der Waals surface area contributed by atoms with Gasteiger partial charge in [0.1, 0.15) is 11.7 Å². The van der Waals surface area contributed by atoms with Crippen molar-refractivity contribution in [1.29, 1.82) is 0 Å². The van der Waals surface area contributed by atoms with Gasteiger partial charge in [0.25, 0.3) is 5.91 Å². The SMILES string of the molecule is CNC(=O)[C@H](CCSC)NC(=O)c1cc2ccccc2cn1. The molecule has 6 heteroatoms. The van der Waals surface area contributed by atoms with Gasteiger partial charge in [-0.3, -0.25) is 14.6 Å². The molecule has 1 aromatic carbocycles. The van der Waals surface area contributed by atoms with Crippen LogP contribution in [0.25, 0.3) is 10.8 Å². The molecule has 0 spiro atoms. The van der Waals surface area contributed by atoms with Crippen molar-refractivity contribution in [3.05, 3.63) is 42.2 Å². The predicted molar refractivity (Wildman–Crippen MR) is 90.1 cm³/mol. The van der Waals surface area contributed by atoms with E-state index in [-0.39, 0.29) is 11.8 Å². The van der Waals surface area contributed by atoms with Crippen LogP contribution >= 0.6 is 11.8 Å². The molecule has 0 bridgehead atoms. The van der Waals surface area contributed by atoms with Gasteiger partial charge in [-0.05, 0) is 29.9 Å². The molecule has 22 heavy (non-hydrogen) atoms. The van der Waals surface area contributed by atoms with E-state index >= 15 is 0 Å². The third-order valence-corrected chi connectivity index (χ3v) is 3.99. The first-order valence-corrected chi connectivity index (χ1v) is 8.41. The topological polar surface area (TPSA) is 71.1 Å². The van der Waals surface area contributed by atoms with Crippen LogP contribution in [0.3, 0.4) is 0 Å². The maximum atomic E-state index is 12.3. The third kappa shape index (κ3) is 3.98. The minimum atomic E-state index is -0.543. The molecule has 2 aromatic rings. The lowest BCUT2D eigenvalue weighted by atomic mass is 10.1. The molecule has 0 saturated carbocycles. The molecule has 2 rings (SSSR count). The number of thioether (sulfide) groups is 1. The van der Waals surface area contributed by atoms with Crippen LogP contribution in [0.2, 0.25) is 0 Å². The first-order valence-electron chi connectivity index (χ1n) is 7.02. The number of carbonyl (C=O) groups is 2. The predicted octanol–water partition coefficient (Wildman–Crippen LogP) is 1.83. The monoisotopic (exact) mass is 317 g/mol. The maximum absolute atomic E-state index is 12.3. The lowest BCUT2D eigenvalue weighted by Crippen LogP contribution is -2.46. The van der Waals surface area contributed by atoms with Gasteiger partial charge in [0.2, 0.25) is 5.91 Å². The number of pyridine rings is 1. The number of aromatic nitrogens is 1. The van der Waals surface area contributed by atoms with E-state index in [1.165, 1.54) is 0 Å². The van der Waals surface area contributed by atoms with Gasteiger partial charge in [0, 0.05) is 18.6 Å². The van der Waals surface area contributed by atoms with Crippen LogP contribution in [-0.2, 0) is 4.79 Å². The first-order chi connectivity index (χ1) is 10.7. The van der Waals surface area contributed by atoms with Gasteiger partial charge in [0.15, 0.2) is 0 Å². The van der Waals surface area contributed by atoms with Crippen LogP contribution in [-0.4, -0.2) is 41.9 Å². The average Bonchev–Trinajstić information content (AvgIpc) is 2.57. The average molecular weight is 317 g/mol. The molecule has 0 aliphatic carbocycles. The van der Waals surface area contributed by atoms with Crippen molar-refractivity contribution in [2.24, 2.45) is 0 Å². The molecule has 2 amide bonds. The van der Waals surface area contributed by atoms with E-state index in [0.29, 0.717) is 12.1 Å². The van der Waals surface area contributed by atoms with E-state index in [1.54, 1.807) is 31.1 Å². The molecule has 116 valence electrons. The fraction of sp³-hybridized carbons (Fsp3) is 0.312. The Kier molecular flexibility index (Phi) is 5.77. The number of benzene rings is 1. The van der Waals surface area contributed by atoms with E-state index < -0.39 is 6.04 Å². The minimum Gasteiger partial charge on any atom is -0.357 e. The molecule has 1 heterocycles. The Labute approximate surface area is 133 Å². The summed E-state index contributed by atoms with van der Waals surface area (Å²) in [5.41, 5.74) is 0.316. The van der Waals surface area contributed by atoms with Gasteiger partial charge in [-0.15, -0.1) is 0 Å². The van der Waals surface area contributed by atoms with E-state index in [1.807, 2.05) is 30.5 Å². The summed E-state index contributed by atoms with van der Waals surface area (Å²) in [5.74, 6) is 0.271. The molecule has 1 atom stereocenters. The molecule has 5 nitrogen and oxygen atoms in total. The molecule has 0 radical (unpaired) electrons. The van der Waals surface area contributed by atoms with E-state index in [0.717, 1.165) is 16.5 Å². The lowest BCUT2D eigenvalue weighted by Gasteiger charge is -2.16. The summed E-state index contributed by atoms with van der Waals surface area (Å²) in [6.07, 6.45) is 4.22. The molecule has 0 fully saturated rings. The zero-order valence-corrected chi connectivity index (χ0v) is 13.4. The molecular formula is C16H19N3O2S. The second-order valence-corrected chi connectivity index (χ2v) is 5.82. The van der Waals surface area contributed by atoms with Gasteiger partial charge >= 0.3 is 0 Å². The summed E-state index contributed by atoms with van der Waals surface area (Å²) in [4.78, 5) is 28.3. The molecule has 1 aromatic heterocycles. The molecular weight excluding hydrogens is 298 g/mol. The number of hydrogen-bond donors (Lipinski definition) is 2. The summed E-state index contributed by atoms with van der Waals surface area (Å²) >= 11 is 1.64. The summed E-state index contributed by atoms with van der Waals surface area (Å²) < 4.78 is 0. The Bertz CT molecular complexity index is 675. The number of rotatable bonds is 6. The van der Waals surface area contributed by atoms with E-state index in [9.17, 15) is 9.59 Å².